The molecule has 24 heavy (non-hydrogen) atoms. The lowest BCUT2D eigenvalue weighted by Crippen LogP contribution is -2.62. The minimum absolute atomic E-state index is 0.0702. The van der Waals surface area contributed by atoms with Crippen molar-refractivity contribution in [1.82, 2.24) is 0 Å². The van der Waals surface area contributed by atoms with Gasteiger partial charge in [0.2, 0.25) is 0 Å². The van der Waals surface area contributed by atoms with Crippen molar-refractivity contribution in [3.05, 3.63) is 0 Å². The fourth-order valence-corrected chi connectivity index (χ4v) is 6.60. The van der Waals surface area contributed by atoms with Crippen LogP contribution in [0.4, 0.5) is 8.78 Å². The average molecular weight is 337 g/mol. The molecule has 4 saturated carbocycles. The van der Waals surface area contributed by atoms with Gasteiger partial charge in [0.1, 0.15) is 0 Å². The summed E-state index contributed by atoms with van der Waals surface area (Å²) in [5.41, 5.74) is -1.06. The molecule has 3 nitrogen and oxygen atoms in total. The Morgan fingerprint density at radius 3 is 2.58 bits per heavy atom. The third-order valence-electron chi connectivity index (χ3n) is 8.02. The van der Waals surface area contributed by atoms with Gasteiger partial charge in [-0.2, -0.15) is 0 Å². The molecule has 0 spiro atoms. The molecule has 4 fully saturated rings. The maximum absolute atomic E-state index is 15.1. The molecule has 1 N–H and O–H groups in total. The molecule has 0 aromatic carbocycles. The summed E-state index contributed by atoms with van der Waals surface area (Å²) in [6.07, 6.45) is 0.277. The summed E-state index contributed by atoms with van der Waals surface area (Å²) in [6.45, 7) is 3.54. The summed E-state index contributed by atoms with van der Waals surface area (Å²) in [7, 11) is 0. The van der Waals surface area contributed by atoms with Crippen LogP contribution in [0.1, 0.15) is 52.4 Å². The van der Waals surface area contributed by atoms with Gasteiger partial charge < -0.3 is 5.41 Å². The summed E-state index contributed by atoms with van der Waals surface area (Å²) in [6, 6.07) is 0. The zero-order chi connectivity index (χ0) is 17.4. The van der Waals surface area contributed by atoms with Crippen molar-refractivity contribution < 1.29 is 18.4 Å². The molecule has 132 valence electrons. The molecule has 4 rings (SSSR count). The quantitative estimate of drug-likeness (QED) is 0.733. The number of nitrogens with one attached hydrogen (secondary N) is 1. The number of rotatable bonds is 0. The lowest BCUT2D eigenvalue weighted by atomic mass is 9.44. The Kier molecular flexibility index (Phi) is 3.37. The second kappa shape index (κ2) is 4.95. The average Bonchev–Trinajstić information content (AvgIpc) is 2.78. The van der Waals surface area contributed by atoms with Crippen LogP contribution in [0.5, 0.6) is 0 Å². The highest BCUT2D eigenvalue weighted by Crippen LogP contribution is 2.64. The second-order valence-electron chi connectivity index (χ2n) is 8.95. The highest BCUT2D eigenvalue weighted by Gasteiger charge is 2.69. The van der Waals surface area contributed by atoms with Crippen LogP contribution in [0.25, 0.3) is 0 Å². The van der Waals surface area contributed by atoms with Crippen LogP contribution >= 0.6 is 0 Å². The molecule has 8 atom stereocenters. The van der Waals surface area contributed by atoms with Crippen LogP contribution < -0.4 is 0 Å². The van der Waals surface area contributed by atoms with Crippen molar-refractivity contribution in [2.75, 3.05) is 0 Å². The molecule has 0 aromatic rings. The van der Waals surface area contributed by atoms with Gasteiger partial charge >= 0.3 is 0 Å². The number of halogens is 2. The third-order valence-corrected chi connectivity index (χ3v) is 8.02. The number of fused-ring (bicyclic) bond motifs is 5. The summed E-state index contributed by atoms with van der Waals surface area (Å²) < 4.78 is 29.3. The van der Waals surface area contributed by atoms with Crippen molar-refractivity contribution in [2.45, 2.75) is 64.7 Å². The Morgan fingerprint density at radius 2 is 1.88 bits per heavy atom. The Labute approximate surface area is 141 Å². The second-order valence-corrected chi connectivity index (χ2v) is 8.95. The fourth-order valence-electron chi connectivity index (χ4n) is 6.60. The van der Waals surface area contributed by atoms with Crippen molar-refractivity contribution in [1.29, 1.82) is 5.41 Å². The van der Waals surface area contributed by atoms with Gasteiger partial charge in [0.05, 0.1) is 5.41 Å². The first-order chi connectivity index (χ1) is 11.2. The van der Waals surface area contributed by atoms with Gasteiger partial charge in [0, 0.05) is 11.6 Å². The van der Waals surface area contributed by atoms with Crippen molar-refractivity contribution in [3.8, 4) is 0 Å². The molecule has 5 heteroatoms. The highest BCUT2D eigenvalue weighted by atomic mass is 19.1. The molecular formula is C19H25F2NO2. The fraction of sp³-hybridized carbons (Fsp3) is 0.842. The van der Waals surface area contributed by atoms with E-state index in [0.717, 1.165) is 25.0 Å². The Morgan fingerprint density at radius 1 is 1.17 bits per heavy atom. The summed E-state index contributed by atoms with van der Waals surface area (Å²) in [4.78, 5) is 25.3. The van der Waals surface area contributed by atoms with Gasteiger partial charge in [-0.05, 0) is 68.6 Å². The van der Waals surface area contributed by atoms with E-state index in [0.29, 0.717) is 12.8 Å². The Hall–Kier alpha value is -1.13. The molecule has 0 amide bonds. The van der Waals surface area contributed by atoms with E-state index in [1.165, 1.54) is 6.92 Å². The van der Waals surface area contributed by atoms with E-state index in [1.807, 2.05) is 0 Å². The number of alkyl halides is 2. The third kappa shape index (κ3) is 1.79. The number of hydrogen-bond acceptors (Lipinski definition) is 3. The normalized spacial score (nSPS) is 54.2. The van der Waals surface area contributed by atoms with Crippen molar-refractivity contribution in [3.63, 3.8) is 0 Å². The van der Waals surface area contributed by atoms with Gasteiger partial charge in [0.25, 0.3) is 0 Å². The molecule has 0 saturated heterocycles. The number of hydrogen-bond donors (Lipinski definition) is 1. The standard InChI is InChI=1S/C19H25F2NO2/c1-18-6-5-10(22)7-9(18)3-4-11-12-8-13(20)17(24)19(12,2)16(21)15(23)14(11)18/h9,11-14,16,22H,3-8H2,1-2H3/t9?,11?,12?,13?,14?,16?,18-,19+/m0/s1. The van der Waals surface area contributed by atoms with Crippen LogP contribution in [-0.2, 0) is 9.59 Å². The van der Waals surface area contributed by atoms with Crippen LogP contribution in [0.15, 0.2) is 0 Å². The molecule has 0 aromatic heterocycles. The number of ketones is 2. The minimum atomic E-state index is -1.88. The van der Waals surface area contributed by atoms with Crippen molar-refractivity contribution in [2.24, 2.45) is 34.5 Å². The maximum Gasteiger partial charge on any atom is 0.176 e. The minimum Gasteiger partial charge on any atom is -0.310 e. The van der Waals surface area contributed by atoms with E-state index in [4.69, 9.17) is 5.41 Å². The monoisotopic (exact) mass is 337 g/mol. The van der Waals surface area contributed by atoms with E-state index < -0.39 is 35.2 Å². The zero-order valence-electron chi connectivity index (χ0n) is 14.3. The van der Waals surface area contributed by atoms with Gasteiger partial charge in [0.15, 0.2) is 23.9 Å². The summed E-state index contributed by atoms with van der Waals surface area (Å²) in [5.74, 6) is -1.81. The zero-order valence-corrected chi connectivity index (χ0v) is 14.3. The largest absolute Gasteiger partial charge is 0.310 e. The van der Waals surface area contributed by atoms with Gasteiger partial charge in [-0.15, -0.1) is 0 Å². The smallest absolute Gasteiger partial charge is 0.176 e. The van der Waals surface area contributed by atoms with Gasteiger partial charge in [-0.25, -0.2) is 8.78 Å². The molecular weight excluding hydrogens is 312 g/mol. The number of carbonyl (C=O) groups excluding carboxylic acids is 2. The Balaban J connectivity index is 1.77. The number of Topliss-reactive ketones (excluding diaryl/α,β-unsaturated/α-hetero) is 2. The van der Waals surface area contributed by atoms with E-state index in [1.54, 1.807) is 0 Å². The number of carbonyl (C=O) groups is 2. The lowest BCUT2D eigenvalue weighted by Gasteiger charge is -2.58. The van der Waals surface area contributed by atoms with Gasteiger partial charge in [-0.1, -0.05) is 6.92 Å². The van der Waals surface area contributed by atoms with Gasteiger partial charge in [-0.3, -0.25) is 9.59 Å². The van der Waals surface area contributed by atoms with E-state index in [2.05, 4.69) is 6.92 Å². The molecule has 0 aliphatic heterocycles. The predicted octanol–water partition coefficient (Wildman–Crippen LogP) is 3.69. The lowest BCUT2D eigenvalue weighted by molar-refractivity contribution is -0.169. The molecule has 0 radical (unpaired) electrons. The van der Waals surface area contributed by atoms with Crippen LogP contribution in [0.2, 0.25) is 0 Å². The topological polar surface area (TPSA) is 58.0 Å². The summed E-state index contributed by atoms with van der Waals surface area (Å²) in [5, 5.41) is 7.97. The molecule has 0 bridgehead atoms. The molecule has 0 heterocycles. The van der Waals surface area contributed by atoms with Crippen LogP contribution in [-0.4, -0.2) is 29.6 Å². The SMILES string of the molecule is C[C@]12CCC(=N)CC1CCC1C2C(=O)C(F)[C@]2(C)C(=O)C(F)CC12. The van der Waals surface area contributed by atoms with Crippen LogP contribution in [0, 0.1) is 39.9 Å². The molecule has 4 aliphatic carbocycles. The summed E-state index contributed by atoms with van der Waals surface area (Å²) >= 11 is 0. The molecule has 4 aliphatic rings. The van der Waals surface area contributed by atoms with E-state index >= 15 is 4.39 Å². The molecule has 6 unspecified atom stereocenters. The highest BCUT2D eigenvalue weighted by molar-refractivity contribution is 6.00. The Bertz CT molecular complexity index is 635. The van der Waals surface area contributed by atoms with Crippen LogP contribution in [0.3, 0.4) is 0 Å². The van der Waals surface area contributed by atoms with Crippen molar-refractivity contribution >= 4 is 17.3 Å². The van der Waals surface area contributed by atoms with E-state index in [-0.39, 0.29) is 29.6 Å². The predicted molar refractivity (Wildman–Crippen MR) is 85.4 cm³/mol. The first-order valence-electron chi connectivity index (χ1n) is 9.13. The first kappa shape index (κ1) is 16.3. The maximum atomic E-state index is 15.1. The van der Waals surface area contributed by atoms with E-state index in [9.17, 15) is 14.0 Å². The first-order valence-corrected chi connectivity index (χ1v) is 9.13.